The van der Waals surface area contributed by atoms with Crippen LogP contribution in [0.2, 0.25) is 0 Å². The van der Waals surface area contributed by atoms with Crippen molar-refractivity contribution in [2.24, 2.45) is 10.4 Å². The molecule has 35 heavy (non-hydrogen) atoms. The number of hydrogen-bond donors (Lipinski definition) is 0. The second kappa shape index (κ2) is 9.76. The van der Waals surface area contributed by atoms with Crippen LogP contribution < -0.4 is 5.30 Å². The van der Waals surface area contributed by atoms with E-state index < -0.39 is 28.6 Å². The summed E-state index contributed by atoms with van der Waals surface area (Å²) in [5, 5.41) is -0.115. The first-order valence-electron chi connectivity index (χ1n) is 11.5. The summed E-state index contributed by atoms with van der Waals surface area (Å²) < 4.78 is 87.3. The van der Waals surface area contributed by atoms with Gasteiger partial charge in [0, 0.05) is 10.7 Å². The van der Waals surface area contributed by atoms with E-state index >= 15 is 0 Å². The summed E-state index contributed by atoms with van der Waals surface area (Å²) in [5.41, 5.74) is -1.92. The summed E-state index contributed by atoms with van der Waals surface area (Å²) in [5.74, 6) is 0.467. The molecule has 1 unspecified atom stereocenters. The van der Waals surface area contributed by atoms with Crippen LogP contribution in [-0.2, 0) is 22.2 Å². The SMILES string of the molecule is CCC(CC)(Pc1ccccc1C1=N[C@@H](C(C)(C)C)CO1)c1cc(C(F)(F)F)cc(C(F)(F)F)c1. The molecule has 0 saturated heterocycles. The monoisotopic (exact) mass is 517 g/mol. The fraction of sp³-hybridized carbons (Fsp3) is 0.500. The lowest BCUT2D eigenvalue weighted by Crippen LogP contribution is -2.26. The van der Waals surface area contributed by atoms with E-state index in [1.54, 1.807) is 13.8 Å². The molecule has 1 aliphatic heterocycles. The Morgan fingerprint density at radius 3 is 1.83 bits per heavy atom. The molecule has 1 aliphatic rings. The highest BCUT2D eigenvalue weighted by Crippen LogP contribution is 2.50. The summed E-state index contributed by atoms with van der Waals surface area (Å²) in [6.45, 7) is 10.2. The molecule has 2 nitrogen and oxygen atoms in total. The molecule has 0 spiro atoms. The van der Waals surface area contributed by atoms with E-state index in [1.807, 2.05) is 24.3 Å². The predicted molar refractivity (Wildman–Crippen MR) is 129 cm³/mol. The number of benzene rings is 2. The van der Waals surface area contributed by atoms with Crippen molar-refractivity contribution in [3.8, 4) is 0 Å². The zero-order valence-electron chi connectivity index (χ0n) is 20.4. The topological polar surface area (TPSA) is 21.6 Å². The van der Waals surface area contributed by atoms with Crippen LogP contribution in [0.3, 0.4) is 0 Å². The van der Waals surface area contributed by atoms with Crippen molar-refractivity contribution in [3.05, 3.63) is 64.7 Å². The minimum atomic E-state index is -4.89. The number of aliphatic imine (C=N–C) groups is 1. The van der Waals surface area contributed by atoms with Crippen LogP contribution in [0.4, 0.5) is 26.3 Å². The Hall–Kier alpha value is -2.08. The molecule has 192 valence electrons. The first kappa shape index (κ1) is 27.5. The predicted octanol–water partition coefficient (Wildman–Crippen LogP) is 7.94. The van der Waals surface area contributed by atoms with Gasteiger partial charge in [0.15, 0.2) is 0 Å². The average Bonchev–Trinajstić information content (AvgIpc) is 3.27. The summed E-state index contributed by atoms with van der Waals surface area (Å²) in [6.07, 6.45) is -9.04. The van der Waals surface area contributed by atoms with Crippen LogP contribution in [0, 0.1) is 5.41 Å². The zero-order chi connectivity index (χ0) is 26.2. The van der Waals surface area contributed by atoms with E-state index in [2.05, 4.69) is 20.8 Å². The molecule has 0 aromatic heterocycles. The molecule has 3 rings (SSSR count). The van der Waals surface area contributed by atoms with Gasteiger partial charge in [0.2, 0.25) is 5.90 Å². The van der Waals surface area contributed by atoms with Crippen LogP contribution in [-0.4, -0.2) is 18.5 Å². The molecule has 0 fully saturated rings. The van der Waals surface area contributed by atoms with Crippen molar-refractivity contribution in [1.82, 2.24) is 0 Å². The Morgan fingerprint density at radius 1 is 0.857 bits per heavy atom. The van der Waals surface area contributed by atoms with Crippen molar-refractivity contribution in [1.29, 1.82) is 0 Å². The van der Waals surface area contributed by atoms with Crippen LogP contribution in [0.5, 0.6) is 0 Å². The van der Waals surface area contributed by atoms with Gasteiger partial charge in [-0.2, -0.15) is 26.3 Å². The molecule has 0 N–H and O–H groups in total. The van der Waals surface area contributed by atoms with E-state index in [-0.39, 0.29) is 31.7 Å². The maximum absolute atomic E-state index is 13.6. The molecule has 0 saturated carbocycles. The van der Waals surface area contributed by atoms with Crippen molar-refractivity contribution >= 4 is 19.8 Å². The summed E-state index contributed by atoms with van der Waals surface area (Å²) in [7, 11) is -0.0884. The molecule has 2 atom stereocenters. The Bertz CT molecular complexity index is 1050. The number of hydrogen-bond acceptors (Lipinski definition) is 2. The number of rotatable bonds is 6. The molecule has 0 aliphatic carbocycles. The third-order valence-electron chi connectivity index (χ3n) is 6.53. The first-order chi connectivity index (χ1) is 16.1. The van der Waals surface area contributed by atoms with Gasteiger partial charge in [0.1, 0.15) is 6.61 Å². The van der Waals surface area contributed by atoms with E-state index in [0.29, 0.717) is 25.3 Å². The summed E-state index contributed by atoms with van der Waals surface area (Å²) in [6, 6.07) is 9.21. The third-order valence-corrected chi connectivity index (χ3v) is 8.71. The number of nitrogens with zero attached hydrogens (tertiary/aromatic N) is 1. The Labute approximate surface area is 204 Å². The second-order valence-corrected chi connectivity index (χ2v) is 11.6. The molecule has 0 bridgehead atoms. The maximum atomic E-state index is 13.6. The van der Waals surface area contributed by atoms with Gasteiger partial charge in [-0.1, -0.05) is 61.4 Å². The Morgan fingerprint density at radius 2 is 1.37 bits per heavy atom. The van der Waals surface area contributed by atoms with E-state index in [1.165, 1.54) is 0 Å². The van der Waals surface area contributed by atoms with Crippen molar-refractivity contribution < 1.29 is 31.1 Å². The Kier molecular flexibility index (Phi) is 7.67. The fourth-order valence-electron chi connectivity index (χ4n) is 4.14. The van der Waals surface area contributed by atoms with Gasteiger partial charge in [-0.25, -0.2) is 4.99 Å². The molecule has 0 radical (unpaired) electrons. The van der Waals surface area contributed by atoms with Gasteiger partial charge in [0.25, 0.3) is 0 Å². The number of alkyl halides is 6. The van der Waals surface area contributed by atoms with Crippen LogP contribution in [0.25, 0.3) is 0 Å². The third kappa shape index (κ3) is 6.02. The van der Waals surface area contributed by atoms with Crippen LogP contribution >= 0.6 is 8.58 Å². The van der Waals surface area contributed by atoms with Gasteiger partial charge >= 0.3 is 12.4 Å². The fourth-order valence-corrected chi connectivity index (χ4v) is 5.80. The summed E-state index contributed by atoms with van der Waals surface area (Å²) >= 11 is 0. The normalized spacial score (nSPS) is 17.7. The van der Waals surface area contributed by atoms with Gasteiger partial charge < -0.3 is 4.74 Å². The van der Waals surface area contributed by atoms with Crippen LogP contribution in [0.15, 0.2) is 47.5 Å². The van der Waals surface area contributed by atoms with Crippen LogP contribution in [0.1, 0.15) is 69.7 Å². The van der Waals surface area contributed by atoms with E-state index in [4.69, 9.17) is 9.73 Å². The van der Waals surface area contributed by atoms with E-state index in [0.717, 1.165) is 23.0 Å². The largest absolute Gasteiger partial charge is 0.475 e. The minimum absolute atomic E-state index is 0.0413. The molecule has 9 heteroatoms. The highest BCUT2D eigenvalue weighted by atomic mass is 31.1. The lowest BCUT2D eigenvalue weighted by molar-refractivity contribution is -0.143. The average molecular weight is 517 g/mol. The molecule has 0 amide bonds. The molecule has 2 aromatic rings. The Balaban J connectivity index is 2.12. The number of ether oxygens (including phenoxy) is 1. The molecule has 1 heterocycles. The maximum Gasteiger partial charge on any atom is 0.416 e. The van der Waals surface area contributed by atoms with Crippen molar-refractivity contribution in [2.75, 3.05) is 6.61 Å². The molecular formula is C26H30F6NOP. The first-order valence-corrected chi connectivity index (χ1v) is 12.5. The smallest absolute Gasteiger partial charge is 0.416 e. The lowest BCUT2D eigenvalue weighted by Gasteiger charge is -2.34. The highest BCUT2D eigenvalue weighted by Gasteiger charge is 2.40. The van der Waals surface area contributed by atoms with Crippen molar-refractivity contribution in [3.63, 3.8) is 0 Å². The highest BCUT2D eigenvalue weighted by molar-refractivity contribution is 7.48. The second-order valence-electron chi connectivity index (χ2n) is 9.88. The number of halogens is 6. The standard InChI is InChI=1S/C26H30F6NOP/c1-6-24(7-2,16-12-17(25(27,28)29)14-18(13-16)26(30,31)32)35-20-11-9-8-10-19(20)22-33-21(15-34-22)23(3,4)5/h8-14,21,35H,6-7,15H2,1-5H3/t21-/m1/s1. The van der Waals surface area contributed by atoms with E-state index in [9.17, 15) is 26.3 Å². The van der Waals surface area contributed by atoms with Gasteiger partial charge in [-0.3, -0.25) is 0 Å². The molecule has 2 aromatic carbocycles. The quantitative estimate of drug-likeness (QED) is 0.282. The summed E-state index contributed by atoms with van der Waals surface area (Å²) in [4.78, 5) is 4.74. The zero-order valence-corrected chi connectivity index (χ0v) is 21.4. The lowest BCUT2D eigenvalue weighted by atomic mass is 9.88. The van der Waals surface area contributed by atoms with Gasteiger partial charge in [-0.05, 0) is 53.4 Å². The minimum Gasteiger partial charge on any atom is -0.475 e. The molecular weight excluding hydrogens is 487 g/mol. The van der Waals surface area contributed by atoms with Gasteiger partial charge in [-0.15, -0.1) is 0 Å². The van der Waals surface area contributed by atoms with Gasteiger partial charge in [0.05, 0.1) is 17.2 Å². The van der Waals surface area contributed by atoms with Crippen molar-refractivity contribution in [2.45, 2.75) is 71.0 Å².